The molecule has 0 unspecified atom stereocenters. The lowest BCUT2D eigenvalue weighted by atomic mass is 9.63. The number of anilines is 1. The smallest absolute Gasteiger partial charge is 0.158 e. The predicted molar refractivity (Wildman–Crippen MR) is 111 cm³/mol. The van der Waals surface area contributed by atoms with E-state index < -0.39 is 23.3 Å². The molecule has 0 saturated carbocycles. The molecule has 1 aliphatic rings. The van der Waals surface area contributed by atoms with Crippen LogP contribution in [0.2, 0.25) is 0 Å². The van der Waals surface area contributed by atoms with Gasteiger partial charge in [-0.1, -0.05) is 35.9 Å². The molecule has 0 heterocycles. The van der Waals surface area contributed by atoms with Crippen LogP contribution >= 0.6 is 0 Å². The number of allylic oxidation sites excluding steroid dienone is 1. The van der Waals surface area contributed by atoms with E-state index in [0.717, 1.165) is 11.3 Å². The third-order valence-corrected chi connectivity index (χ3v) is 5.58. The number of aryl methyl sites for hydroxylation is 1. The summed E-state index contributed by atoms with van der Waals surface area (Å²) in [5.41, 5.74) is 1.49. The van der Waals surface area contributed by atoms with Crippen molar-refractivity contribution in [1.82, 2.24) is 0 Å². The Morgan fingerprint density at radius 2 is 1.72 bits per heavy atom. The third kappa shape index (κ3) is 4.15. The van der Waals surface area contributed by atoms with Crippen molar-refractivity contribution in [1.29, 1.82) is 0 Å². The van der Waals surface area contributed by atoms with Crippen molar-refractivity contribution < 1.29 is 19.1 Å². The Balaban J connectivity index is 2.23. The monoisotopic (exact) mass is 395 g/mol. The molecule has 0 bridgehead atoms. The average molecular weight is 395 g/mol. The molecule has 0 aliphatic heterocycles. The van der Waals surface area contributed by atoms with Crippen LogP contribution in [-0.4, -0.2) is 22.3 Å². The highest BCUT2D eigenvalue weighted by atomic mass is 19.1. The lowest BCUT2D eigenvalue weighted by Gasteiger charge is -2.43. The van der Waals surface area contributed by atoms with Crippen LogP contribution in [0.15, 0.2) is 59.8 Å². The van der Waals surface area contributed by atoms with Gasteiger partial charge in [0.15, 0.2) is 5.78 Å². The number of carbonyl (C=O) groups is 2. The Hall–Kier alpha value is -2.79. The highest BCUT2D eigenvalue weighted by molar-refractivity contribution is 5.98. The zero-order chi connectivity index (χ0) is 21.3. The minimum atomic E-state index is -1.44. The van der Waals surface area contributed by atoms with Crippen molar-refractivity contribution in [3.8, 4) is 0 Å². The molecule has 0 amide bonds. The van der Waals surface area contributed by atoms with Crippen molar-refractivity contribution >= 4 is 17.3 Å². The van der Waals surface area contributed by atoms with Gasteiger partial charge in [-0.05, 0) is 51.5 Å². The third-order valence-electron chi connectivity index (χ3n) is 5.58. The van der Waals surface area contributed by atoms with E-state index in [1.54, 1.807) is 25.1 Å². The van der Waals surface area contributed by atoms with E-state index in [-0.39, 0.29) is 23.6 Å². The molecule has 0 saturated heterocycles. The number of nitrogens with one attached hydrogen (secondary N) is 1. The number of benzene rings is 2. The molecule has 2 aromatic rings. The van der Waals surface area contributed by atoms with Crippen LogP contribution in [0.3, 0.4) is 0 Å². The maximum absolute atomic E-state index is 14.8. The summed E-state index contributed by atoms with van der Waals surface area (Å²) >= 11 is 0. The fourth-order valence-electron chi connectivity index (χ4n) is 4.37. The second kappa shape index (κ2) is 7.91. The average Bonchev–Trinajstić information content (AvgIpc) is 2.62. The number of hydrogen-bond acceptors (Lipinski definition) is 4. The van der Waals surface area contributed by atoms with Crippen molar-refractivity contribution in [2.24, 2.45) is 5.92 Å². The minimum Gasteiger partial charge on any atom is -0.389 e. The molecule has 29 heavy (non-hydrogen) atoms. The summed E-state index contributed by atoms with van der Waals surface area (Å²) in [5, 5.41) is 14.4. The molecule has 3 rings (SSSR count). The van der Waals surface area contributed by atoms with Gasteiger partial charge in [-0.3, -0.25) is 9.59 Å². The van der Waals surface area contributed by atoms with Gasteiger partial charge < -0.3 is 10.4 Å². The molecule has 0 radical (unpaired) electrons. The number of carbonyl (C=O) groups excluding carboxylic acids is 2. The summed E-state index contributed by atoms with van der Waals surface area (Å²) in [6.07, 6.45) is 0.0883. The number of halogens is 1. The van der Waals surface area contributed by atoms with Gasteiger partial charge >= 0.3 is 0 Å². The Morgan fingerprint density at radius 3 is 2.28 bits per heavy atom. The van der Waals surface area contributed by atoms with Crippen LogP contribution in [0.25, 0.3) is 0 Å². The molecular weight excluding hydrogens is 369 g/mol. The number of rotatable bonds is 5. The highest BCUT2D eigenvalue weighted by Crippen LogP contribution is 2.48. The lowest BCUT2D eigenvalue weighted by molar-refractivity contribution is -0.131. The highest BCUT2D eigenvalue weighted by Gasteiger charge is 2.49. The molecule has 2 N–H and O–H groups in total. The topological polar surface area (TPSA) is 66.4 Å². The first kappa shape index (κ1) is 20.9. The second-order valence-corrected chi connectivity index (χ2v) is 8.06. The summed E-state index contributed by atoms with van der Waals surface area (Å²) in [5.74, 6) is -2.84. The van der Waals surface area contributed by atoms with Gasteiger partial charge in [-0.25, -0.2) is 4.39 Å². The van der Waals surface area contributed by atoms with Crippen molar-refractivity contribution in [3.05, 3.63) is 76.7 Å². The first-order chi connectivity index (χ1) is 13.6. The van der Waals surface area contributed by atoms with Crippen molar-refractivity contribution in [2.75, 3.05) is 5.32 Å². The summed E-state index contributed by atoms with van der Waals surface area (Å²) in [4.78, 5) is 25.3. The van der Waals surface area contributed by atoms with E-state index in [9.17, 15) is 19.1 Å². The molecule has 0 fully saturated rings. The molecule has 0 aromatic heterocycles. The molecule has 0 spiro atoms. The molecule has 2 aromatic carbocycles. The quantitative estimate of drug-likeness (QED) is 0.780. The largest absolute Gasteiger partial charge is 0.389 e. The summed E-state index contributed by atoms with van der Waals surface area (Å²) in [6.45, 7) is 6.34. The molecular formula is C24H26FNO3. The maximum Gasteiger partial charge on any atom is 0.158 e. The van der Waals surface area contributed by atoms with Gasteiger partial charge in [0, 0.05) is 29.3 Å². The number of hydrogen-bond donors (Lipinski definition) is 2. The zero-order valence-electron chi connectivity index (χ0n) is 17.1. The fraction of sp³-hybridized carbons (Fsp3) is 0.333. The molecule has 5 heteroatoms. The Bertz CT molecular complexity index is 976. The van der Waals surface area contributed by atoms with E-state index in [0.29, 0.717) is 11.3 Å². The van der Waals surface area contributed by atoms with E-state index in [4.69, 9.17) is 0 Å². The predicted octanol–water partition coefficient (Wildman–Crippen LogP) is 4.53. The molecule has 1 aliphatic carbocycles. The van der Waals surface area contributed by atoms with Crippen molar-refractivity contribution in [3.63, 3.8) is 0 Å². The first-order valence-corrected chi connectivity index (χ1v) is 9.66. The summed E-state index contributed by atoms with van der Waals surface area (Å²) < 4.78 is 14.8. The summed E-state index contributed by atoms with van der Waals surface area (Å²) in [6, 6.07) is 13.7. The van der Waals surface area contributed by atoms with Crippen LogP contribution < -0.4 is 5.32 Å². The van der Waals surface area contributed by atoms with E-state index in [2.05, 4.69) is 5.32 Å². The lowest BCUT2D eigenvalue weighted by Crippen LogP contribution is -2.48. The van der Waals surface area contributed by atoms with Gasteiger partial charge in [0.05, 0.1) is 11.5 Å². The molecule has 152 valence electrons. The number of aliphatic hydroxyl groups is 1. The van der Waals surface area contributed by atoms with Crippen LogP contribution in [0.4, 0.5) is 10.1 Å². The normalized spacial score (nSPS) is 24.3. The number of Topliss-reactive ketones (excluding diaryl/α,β-unsaturated/α-hetero) is 2. The van der Waals surface area contributed by atoms with Gasteiger partial charge in [0.1, 0.15) is 11.6 Å². The zero-order valence-corrected chi connectivity index (χ0v) is 17.1. The van der Waals surface area contributed by atoms with Gasteiger partial charge in [0.25, 0.3) is 0 Å². The van der Waals surface area contributed by atoms with E-state index in [1.165, 1.54) is 19.9 Å². The van der Waals surface area contributed by atoms with Gasteiger partial charge in [-0.2, -0.15) is 0 Å². The van der Waals surface area contributed by atoms with E-state index in [1.807, 2.05) is 31.2 Å². The second-order valence-electron chi connectivity index (χ2n) is 8.06. The number of ketones is 2. The SMILES string of the molecule is CC(=O)C1=C(Nc2ccc(C)cc2)C[C@](C)(O)[C@@H](C(C)=O)[C@H]1c1ccccc1F. The maximum atomic E-state index is 14.8. The summed E-state index contributed by atoms with van der Waals surface area (Å²) in [7, 11) is 0. The molecule has 3 atom stereocenters. The van der Waals surface area contributed by atoms with E-state index >= 15 is 0 Å². The van der Waals surface area contributed by atoms with Crippen LogP contribution in [0.1, 0.15) is 44.2 Å². The van der Waals surface area contributed by atoms with Crippen LogP contribution in [0, 0.1) is 18.7 Å². The standard InChI is InChI=1S/C24H26FNO3/c1-14-9-11-17(12-10-14)26-20-13-24(4,29)23(16(3)28)22(21(20)15(2)27)18-7-5-6-8-19(18)25/h5-12,22-23,26,29H,13H2,1-4H3/t22-,23-,24-/m0/s1. The Morgan fingerprint density at radius 1 is 1.10 bits per heavy atom. The van der Waals surface area contributed by atoms with Gasteiger partial charge in [-0.15, -0.1) is 0 Å². The van der Waals surface area contributed by atoms with Gasteiger partial charge in [0.2, 0.25) is 0 Å². The van der Waals surface area contributed by atoms with Crippen molar-refractivity contribution in [2.45, 2.75) is 45.6 Å². The molecule has 4 nitrogen and oxygen atoms in total. The van der Waals surface area contributed by atoms with Crippen LogP contribution in [0.5, 0.6) is 0 Å². The van der Waals surface area contributed by atoms with Crippen LogP contribution in [-0.2, 0) is 9.59 Å². The Labute approximate surface area is 170 Å². The Kier molecular flexibility index (Phi) is 5.71. The minimum absolute atomic E-state index is 0.0883. The first-order valence-electron chi connectivity index (χ1n) is 9.66. The fourth-order valence-corrected chi connectivity index (χ4v) is 4.37.